The fourth-order valence-corrected chi connectivity index (χ4v) is 3.70. The number of aryl methyl sites for hydroxylation is 1. The molecule has 2 aromatic heterocycles. The Morgan fingerprint density at radius 3 is 2.48 bits per heavy atom. The van der Waals surface area contributed by atoms with E-state index in [2.05, 4.69) is 15.1 Å². The summed E-state index contributed by atoms with van der Waals surface area (Å²) in [6.45, 7) is 3.76. The summed E-state index contributed by atoms with van der Waals surface area (Å²) in [6, 6.07) is 7.39. The van der Waals surface area contributed by atoms with Gasteiger partial charge in [-0.1, -0.05) is 0 Å². The molecule has 1 saturated heterocycles. The topological polar surface area (TPSA) is 59.2 Å². The van der Waals surface area contributed by atoms with Crippen LogP contribution in [0.3, 0.4) is 0 Å². The number of halogens is 3. The molecule has 0 aliphatic carbocycles. The number of rotatable bonds is 4. The summed E-state index contributed by atoms with van der Waals surface area (Å²) in [5, 5.41) is 7.75. The average Bonchev–Trinajstić information content (AvgIpc) is 3.33. The SMILES string of the molecule is Cn1cc(CN2CCCN(C(=O)c3ccc(-n4ccc(C(F)(F)F)n4)cc3)CC2)cn1. The first-order valence-electron chi connectivity index (χ1n) is 10.0. The van der Waals surface area contributed by atoms with Crippen molar-refractivity contribution >= 4 is 5.91 Å². The zero-order chi connectivity index (χ0) is 22.0. The van der Waals surface area contributed by atoms with Gasteiger partial charge in [-0.3, -0.25) is 14.4 Å². The number of hydrogen-bond acceptors (Lipinski definition) is 4. The molecular formula is C21H23F3N6O. The summed E-state index contributed by atoms with van der Waals surface area (Å²) in [5.41, 5.74) is 1.16. The van der Waals surface area contributed by atoms with Gasteiger partial charge in [-0.15, -0.1) is 0 Å². The minimum atomic E-state index is -4.49. The number of amides is 1. The molecule has 0 unspecified atom stereocenters. The van der Waals surface area contributed by atoms with Gasteiger partial charge in [0.05, 0.1) is 11.9 Å². The molecule has 4 rings (SSSR count). The number of alkyl halides is 3. The molecule has 1 fully saturated rings. The molecule has 0 radical (unpaired) electrons. The van der Waals surface area contributed by atoms with Crippen LogP contribution in [0.25, 0.3) is 5.69 Å². The van der Waals surface area contributed by atoms with Gasteiger partial charge < -0.3 is 4.90 Å². The quantitative estimate of drug-likeness (QED) is 0.636. The van der Waals surface area contributed by atoms with E-state index < -0.39 is 11.9 Å². The van der Waals surface area contributed by atoms with Crippen molar-refractivity contribution in [1.29, 1.82) is 0 Å². The van der Waals surface area contributed by atoms with Crippen molar-refractivity contribution in [3.8, 4) is 5.69 Å². The van der Waals surface area contributed by atoms with E-state index in [9.17, 15) is 18.0 Å². The van der Waals surface area contributed by atoms with E-state index in [1.165, 1.54) is 6.20 Å². The number of hydrogen-bond donors (Lipinski definition) is 0. The Morgan fingerprint density at radius 2 is 1.84 bits per heavy atom. The zero-order valence-corrected chi connectivity index (χ0v) is 17.1. The predicted molar refractivity (Wildman–Crippen MR) is 108 cm³/mol. The standard InChI is InChI=1S/C21H23F3N6O/c1-27-14-16(13-25-27)15-28-8-2-9-29(12-11-28)20(31)17-3-5-18(6-4-17)30-10-7-19(26-30)21(22,23)24/h3-7,10,13-14H,2,8-9,11-12,15H2,1H3. The van der Waals surface area contributed by atoms with Crippen molar-refractivity contribution in [2.45, 2.75) is 19.1 Å². The van der Waals surface area contributed by atoms with Gasteiger partial charge in [-0.25, -0.2) is 4.68 Å². The van der Waals surface area contributed by atoms with Crippen LogP contribution in [-0.4, -0.2) is 61.4 Å². The monoisotopic (exact) mass is 432 g/mol. The molecule has 31 heavy (non-hydrogen) atoms. The molecule has 1 aliphatic heterocycles. The van der Waals surface area contributed by atoms with Crippen molar-refractivity contribution in [2.75, 3.05) is 26.2 Å². The maximum absolute atomic E-state index is 12.9. The number of nitrogens with zero attached hydrogens (tertiary/aromatic N) is 6. The highest BCUT2D eigenvalue weighted by atomic mass is 19.4. The minimum Gasteiger partial charge on any atom is -0.337 e. The number of aromatic nitrogens is 4. The first-order valence-corrected chi connectivity index (χ1v) is 10.0. The molecular weight excluding hydrogens is 409 g/mol. The zero-order valence-electron chi connectivity index (χ0n) is 17.1. The Balaban J connectivity index is 1.38. The normalized spacial score (nSPS) is 15.8. The summed E-state index contributed by atoms with van der Waals surface area (Å²) in [5.74, 6) is -0.0776. The smallest absolute Gasteiger partial charge is 0.337 e. The Kier molecular flexibility index (Phi) is 5.81. The maximum atomic E-state index is 12.9. The maximum Gasteiger partial charge on any atom is 0.435 e. The molecule has 0 bridgehead atoms. The molecule has 164 valence electrons. The van der Waals surface area contributed by atoms with Gasteiger partial charge in [-0.2, -0.15) is 23.4 Å². The fraction of sp³-hybridized carbons (Fsp3) is 0.381. The second kappa shape index (κ2) is 8.54. The lowest BCUT2D eigenvalue weighted by atomic mass is 10.1. The summed E-state index contributed by atoms with van der Waals surface area (Å²) >= 11 is 0. The second-order valence-corrected chi connectivity index (χ2v) is 7.63. The highest BCUT2D eigenvalue weighted by molar-refractivity contribution is 5.94. The van der Waals surface area contributed by atoms with Gasteiger partial charge in [-0.05, 0) is 36.8 Å². The van der Waals surface area contributed by atoms with E-state index in [0.29, 0.717) is 24.3 Å². The van der Waals surface area contributed by atoms with Crippen molar-refractivity contribution in [1.82, 2.24) is 29.4 Å². The van der Waals surface area contributed by atoms with Crippen LogP contribution in [0.1, 0.15) is 28.0 Å². The van der Waals surface area contributed by atoms with Gasteiger partial charge in [0.15, 0.2) is 5.69 Å². The highest BCUT2D eigenvalue weighted by Crippen LogP contribution is 2.28. The Labute approximate surface area is 177 Å². The van der Waals surface area contributed by atoms with Crippen LogP contribution in [0.4, 0.5) is 13.2 Å². The Bertz CT molecular complexity index is 1040. The number of carbonyl (C=O) groups excluding carboxylic acids is 1. The van der Waals surface area contributed by atoms with Crippen LogP contribution in [0.5, 0.6) is 0 Å². The highest BCUT2D eigenvalue weighted by Gasteiger charge is 2.33. The van der Waals surface area contributed by atoms with E-state index in [1.807, 2.05) is 24.3 Å². The van der Waals surface area contributed by atoms with Crippen LogP contribution in [-0.2, 0) is 19.8 Å². The molecule has 0 atom stereocenters. The third-order valence-electron chi connectivity index (χ3n) is 5.30. The first-order chi connectivity index (χ1) is 14.8. The molecule has 0 N–H and O–H groups in total. The van der Waals surface area contributed by atoms with E-state index in [4.69, 9.17) is 0 Å². The molecule has 0 spiro atoms. The largest absolute Gasteiger partial charge is 0.435 e. The lowest BCUT2D eigenvalue weighted by Gasteiger charge is -2.22. The summed E-state index contributed by atoms with van der Waals surface area (Å²) in [7, 11) is 1.89. The molecule has 0 saturated carbocycles. The molecule has 10 heteroatoms. The van der Waals surface area contributed by atoms with Crippen LogP contribution < -0.4 is 0 Å². The van der Waals surface area contributed by atoms with Crippen molar-refractivity contribution in [3.63, 3.8) is 0 Å². The Morgan fingerprint density at radius 1 is 1.06 bits per heavy atom. The minimum absolute atomic E-state index is 0.0776. The number of benzene rings is 1. The summed E-state index contributed by atoms with van der Waals surface area (Å²) in [4.78, 5) is 17.1. The predicted octanol–water partition coefficient (Wildman–Crippen LogP) is 2.97. The van der Waals surface area contributed by atoms with Crippen molar-refractivity contribution < 1.29 is 18.0 Å². The first kappa shape index (κ1) is 21.1. The van der Waals surface area contributed by atoms with Gasteiger partial charge >= 0.3 is 6.18 Å². The van der Waals surface area contributed by atoms with E-state index >= 15 is 0 Å². The van der Waals surface area contributed by atoms with Gasteiger partial charge in [0.1, 0.15) is 0 Å². The third kappa shape index (κ3) is 4.96. The van der Waals surface area contributed by atoms with Crippen LogP contribution in [0, 0.1) is 0 Å². The molecule has 3 heterocycles. The molecule has 1 aliphatic rings. The molecule has 1 aromatic carbocycles. The van der Waals surface area contributed by atoms with E-state index in [1.54, 1.807) is 28.9 Å². The molecule has 7 nitrogen and oxygen atoms in total. The Hall–Kier alpha value is -3.14. The van der Waals surface area contributed by atoms with Crippen molar-refractivity contribution in [2.24, 2.45) is 7.05 Å². The summed E-state index contributed by atoms with van der Waals surface area (Å²) in [6.07, 6.45) is 1.49. The van der Waals surface area contributed by atoms with Gasteiger partial charge in [0, 0.05) is 63.3 Å². The van der Waals surface area contributed by atoms with Gasteiger partial charge in [0.2, 0.25) is 0 Å². The second-order valence-electron chi connectivity index (χ2n) is 7.63. The fourth-order valence-electron chi connectivity index (χ4n) is 3.70. The van der Waals surface area contributed by atoms with Crippen LogP contribution in [0.15, 0.2) is 48.9 Å². The lowest BCUT2D eigenvalue weighted by molar-refractivity contribution is -0.141. The number of carbonyl (C=O) groups is 1. The van der Waals surface area contributed by atoms with Crippen LogP contribution in [0.2, 0.25) is 0 Å². The third-order valence-corrected chi connectivity index (χ3v) is 5.30. The summed E-state index contributed by atoms with van der Waals surface area (Å²) < 4.78 is 41.2. The lowest BCUT2D eigenvalue weighted by Crippen LogP contribution is -2.35. The molecule has 1 amide bonds. The van der Waals surface area contributed by atoms with Gasteiger partial charge in [0.25, 0.3) is 5.91 Å². The van der Waals surface area contributed by atoms with E-state index in [-0.39, 0.29) is 5.91 Å². The molecule has 3 aromatic rings. The van der Waals surface area contributed by atoms with Crippen molar-refractivity contribution in [3.05, 3.63) is 65.7 Å². The average molecular weight is 432 g/mol. The van der Waals surface area contributed by atoms with Crippen LogP contribution >= 0.6 is 0 Å². The van der Waals surface area contributed by atoms with E-state index in [0.717, 1.165) is 42.4 Å².